The molecule has 3 N–H and O–H groups in total. The quantitative estimate of drug-likeness (QED) is 0.780. The number of pyridine rings is 1. The first-order chi connectivity index (χ1) is 8.58. The van der Waals surface area contributed by atoms with E-state index < -0.39 is 12.5 Å². The highest BCUT2D eigenvalue weighted by molar-refractivity contribution is 5.92. The molecule has 2 aromatic rings. The smallest absolute Gasteiger partial charge is 0.265 e. The predicted octanol–water partition coefficient (Wildman–Crippen LogP) is 1.98. The van der Waals surface area contributed by atoms with Crippen LogP contribution in [0.2, 0.25) is 0 Å². The molecule has 2 rings (SSSR count). The minimum Gasteiger partial charge on any atom is -0.508 e. The number of hydrogen-bond acceptors (Lipinski definition) is 4. The van der Waals surface area contributed by atoms with Gasteiger partial charge in [-0.05, 0) is 23.6 Å². The summed E-state index contributed by atoms with van der Waals surface area (Å²) >= 11 is 0. The summed E-state index contributed by atoms with van der Waals surface area (Å²) in [5.41, 5.74) is 0. The van der Waals surface area contributed by atoms with Crippen LogP contribution in [0.25, 0.3) is 10.8 Å². The van der Waals surface area contributed by atoms with Crippen LogP contribution in [0, 0.1) is 0 Å². The van der Waals surface area contributed by atoms with Crippen LogP contribution in [0.1, 0.15) is 0 Å². The second-order valence-electron chi connectivity index (χ2n) is 3.85. The monoisotopic (exact) mass is 254 g/mol. The lowest BCUT2D eigenvalue weighted by molar-refractivity contribution is 0.00382. The van der Waals surface area contributed by atoms with E-state index in [1.807, 2.05) is 0 Å². The summed E-state index contributed by atoms with van der Waals surface area (Å²) in [6, 6.07) is 6.45. The second-order valence-corrected chi connectivity index (χ2v) is 3.85. The molecule has 0 aliphatic heterocycles. The van der Waals surface area contributed by atoms with Gasteiger partial charge in [0.1, 0.15) is 17.7 Å². The lowest BCUT2D eigenvalue weighted by Crippen LogP contribution is -2.27. The number of hydrogen-bond donors (Lipinski definition) is 3. The molecule has 96 valence electrons. The summed E-state index contributed by atoms with van der Waals surface area (Å²) in [6.45, 7) is -0.306. The highest BCUT2D eigenvalue weighted by atomic mass is 19.3. The van der Waals surface area contributed by atoms with Crippen LogP contribution in [0.4, 0.5) is 14.6 Å². The van der Waals surface area contributed by atoms with Gasteiger partial charge >= 0.3 is 0 Å². The number of alkyl halides is 2. The van der Waals surface area contributed by atoms with E-state index >= 15 is 0 Å². The second kappa shape index (κ2) is 5.14. The van der Waals surface area contributed by atoms with Crippen molar-refractivity contribution in [3.05, 3.63) is 30.5 Å². The van der Waals surface area contributed by atoms with Crippen molar-refractivity contribution < 1.29 is 19.0 Å². The first kappa shape index (κ1) is 12.5. The maximum absolute atomic E-state index is 12.2. The van der Waals surface area contributed by atoms with Crippen LogP contribution in [0.3, 0.4) is 0 Å². The van der Waals surface area contributed by atoms with Crippen LogP contribution in [0.15, 0.2) is 30.5 Å². The van der Waals surface area contributed by atoms with Gasteiger partial charge in [-0.25, -0.2) is 13.8 Å². The van der Waals surface area contributed by atoms with Gasteiger partial charge in [-0.15, -0.1) is 0 Å². The molecule has 0 amide bonds. The van der Waals surface area contributed by atoms with Crippen molar-refractivity contribution in [2.24, 2.45) is 0 Å². The van der Waals surface area contributed by atoms with Crippen molar-refractivity contribution in [3.8, 4) is 5.75 Å². The van der Waals surface area contributed by atoms with E-state index in [1.165, 1.54) is 18.3 Å². The van der Waals surface area contributed by atoms with E-state index in [2.05, 4.69) is 10.3 Å². The Balaban J connectivity index is 2.25. The van der Waals surface area contributed by atoms with Gasteiger partial charge in [-0.2, -0.15) is 0 Å². The Hall–Kier alpha value is -1.95. The van der Waals surface area contributed by atoms with Gasteiger partial charge in [0.15, 0.2) is 0 Å². The number of aliphatic hydroxyl groups is 1. The number of fused-ring (bicyclic) bond motifs is 1. The van der Waals surface area contributed by atoms with E-state index in [4.69, 9.17) is 5.11 Å². The van der Waals surface area contributed by atoms with Gasteiger partial charge in [0.25, 0.3) is 6.43 Å². The number of nitrogens with one attached hydrogen (secondary N) is 1. The Morgan fingerprint density at radius 3 is 2.78 bits per heavy atom. The molecule has 0 bridgehead atoms. The average molecular weight is 254 g/mol. The highest BCUT2D eigenvalue weighted by Gasteiger charge is 2.16. The van der Waals surface area contributed by atoms with Crippen molar-refractivity contribution in [1.82, 2.24) is 4.98 Å². The van der Waals surface area contributed by atoms with E-state index in [9.17, 15) is 13.9 Å². The molecule has 4 nitrogen and oxygen atoms in total. The lowest BCUT2D eigenvalue weighted by atomic mass is 10.1. The van der Waals surface area contributed by atoms with Gasteiger partial charge in [-0.3, -0.25) is 0 Å². The van der Waals surface area contributed by atoms with Crippen LogP contribution in [0.5, 0.6) is 5.75 Å². The molecular weight excluding hydrogens is 242 g/mol. The molecular formula is C12H12F2N2O2. The fourth-order valence-corrected chi connectivity index (χ4v) is 1.59. The van der Waals surface area contributed by atoms with Crippen LogP contribution in [-0.2, 0) is 0 Å². The normalized spacial score (nSPS) is 12.9. The molecule has 0 saturated carbocycles. The summed E-state index contributed by atoms with van der Waals surface area (Å²) < 4.78 is 24.3. The Morgan fingerprint density at radius 2 is 2.06 bits per heavy atom. The van der Waals surface area contributed by atoms with E-state index in [0.717, 1.165) is 5.39 Å². The lowest BCUT2D eigenvalue weighted by Gasteiger charge is -2.12. The molecule has 1 heterocycles. The fraction of sp³-hybridized carbons (Fsp3) is 0.250. The van der Waals surface area contributed by atoms with Crippen molar-refractivity contribution in [2.45, 2.75) is 12.5 Å². The molecule has 0 fully saturated rings. The van der Waals surface area contributed by atoms with Crippen molar-refractivity contribution in [1.29, 1.82) is 0 Å². The average Bonchev–Trinajstić information content (AvgIpc) is 2.35. The van der Waals surface area contributed by atoms with Crippen LogP contribution >= 0.6 is 0 Å². The summed E-state index contributed by atoms with van der Waals surface area (Å²) in [6.07, 6.45) is -3.03. The van der Waals surface area contributed by atoms with Crippen LogP contribution < -0.4 is 5.32 Å². The summed E-state index contributed by atoms with van der Waals surface area (Å²) in [4.78, 5) is 4.00. The number of aromatic nitrogens is 1. The molecule has 1 aromatic heterocycles. The minimum absolute atomic E-state index is 0.0629. The topological polar surface area (TPSA) is 65.4 Å². The molecule has 0 spiro atoms. The Bertz CT molecular complexity index is 549. The molecule has 1 atom stereocenters. The number of anilines is 1. The number of rotatable bonds is 4. The zero-order valence-electron chi connectivity index (χ0n) is 9.35. The third-order valence-corrected chi connectivity index (χ3v) is 2.52. The van der Waals surface area contributed by atoms with Crippen LogP contribution in [-0.4, -0.2) is 34.3 Å². The molecule has 1 aromatic carbocycles. The molecule has 0 radical (unpaired) electrons. The number of nitrogens with zero attached hydrogens (tertiary/aromatic N) is 1. The number of halogens is 2. The van der Waals surface area contributed by atoms with E-state index in [0.29, 0.717) is 11.2 Å². The molecule has 0 aliphatic carbocycles. The SMILES string of the molecule is Oc1ccc2ccnc(NCC(O)C(F)F)c2c1. The summed E-state index contributed by atoms with van der Waals surface area (Å²) in [7, 11) is 0. The van der Waals surface area contributed by atoms with Gasteiger partial charge in [0.05, 0.1) is 0 Å². The minimum atomic E-state index is -2.80. The molecule has 0 aliphatic rings. The third kappa shape index (κ3) is 2.65. The zero-order chi connectivity index (χ0) is 13.1. The van der Waals surface area contributed by atoms with E-state index in [-0.39, 0.29) is 12.3 Å². The standard InChI is InChI=1S/C12H12F2N2O2/c13-11(14)10(18)6-16-12-9-5-8(17)2-1-7(9)3-4-15-12/h1-5,10-11,17-18H,6H2,(H,15,16). The molecule has 1 unspecified atom stereocenters. The Labute approximate surface area is 102 Å². The Kier molecular flexibility index (Phi) is 3.57. The number of aliphatic hydroxyl groups excluding tert-OH is 1. The first-order valence-electron chi connectivity index (χ1n) is 5.36. The van der Waals surface area contributed by atoms with Gasteiger partial charge in [0.2, 0.25) is 0 Å². The third-order valence-electron chi connectivity index (χ3n) is 2.52. The first-order valence-corrected chi connectivity index (χ1v) is 5.36. The van der Waals surface area contributed by atoms with Crippen molar-refractivity contribution in [2.75, 3.05) is 11.9 Å². The summed E-state index contributed by atoms with van der Waals surface area (Å²) in [5, 5.41) is 22.5. The number of phenolic OH excluding ortho intramolecular Hbond substituents is 1. The van der Waals surface area contributed by atoms with Crippen molar-refractivity contribution in [3.63, 3.8) is 0 Å². The number of benzene rings is 1. The predicted molar refractivity (Wildman–Crippen MR) is 63.9 cm³/mol. The van der Waals surface area contributed by atoms with E-state index in [1.54, 1.807) is 12.1 Å². The summed E-state index contributed by atoms with van der Waals surface area (Å²) in [5.74, 6) is 0.413. The van der Waals surface area contributed by atoms with Crippen molar-refractivity contribution >= 4 is 16.6 Å². The van der Waals surface area contributed by atoms with Gasteiger partial charge < -0.3 is 15.5 Å². The van der Waals surface area contributed by atoms with Gasteiger partial charge in [-0.1, -0.05) is 6.07 Å². The molecule has 6 heteroatoms. The number of phenols is 1. The Morgan fingerprint density at radius 1 is 1.28 bits per heavy atom. The maximum atomic E-state index is 12.2. The molecule has 18 heavy (non-hydrogen) atoms. The maximum Gasteiger partial charge on any atom is 0.265 e. The highest BCUT2D eigenvalue weighted by Crippen LogP contribution is 2.25. The number of aromatic hydroxyl groups is 1. The fourth-order valence-electron chi connectivity index (χ4n) is 1.59. The largest absolute Gasteiger partial charge is 0.508 e. The molecule has 0 saturated heterocycles. The van der Waals surface area contributed by atoms with Gasteiger partial charge in [0, 0.05) is 18.1 Å². The zero-order valence-corrected chi connectivity index (χ0v) is 9.35.